The molecule has 2 fully saturated rings. The molecule has 0 aromatic heterocycles. The van der Waals surface area contributed by atoms with Crippen molar-refractivity contribution in [2.45, 2.75) is 39.0 Å². The van der Waals surface area contributed by atoms with E-state index in [0.29, 0.717) is 12.3 Å². The van der Waals surface area contributed by atoms with E-state index in [4.69, 9.17) is 0 Å². The average Bonchev–Trinajstić information content (AvgIpc) is 2.31. The monoisotopic (exact) mass is 155 g/mol. The van der Waals surface area contributed by atoms with Gasteiger partial charge in [-0.3, -0.25) is 5.32 Å². The molecule has 3 atom stereocenters. The van der Waals surface area contributed by atoms with Gasteiger partial charge >= 0.3 is 0 Å². The summed E-state index contributed by atoms with van der Waals surface area (Å²) in [6.07, 6.45) is 3.74. The van der Waals surface area contributed by atoms with Crippen LogP contribution in [0, 0.1) is 5.92 Å². The van der Waals surface area contributed by atoms with Gasteiger partial charge < -0.3 is 0 Å². The molecule has 3 heteroatoms. The van der Waals surface area contributed by atoms with Crippen LogP contribution in [0.4, 0.5) is 0 Å². The second kappa shape index (κ2) is 2.73. The van der Waals surface area contributed by atoms with E-state index in [1.165, 1.54) is 19.4 Å². The molecule has 2 aliphatic rings. The summed E-state index contributed by atoms with van der Waals surface area (Å²) in [6, 6.07) is 0. The first-order valence-corrected chi connectivity index (χ1v) is 4.56. The molecule has 0 radical (unpaired) electrons. The third kappa shape index (κ3) is 1.28. The van der Waals surface area contributed by atoms with Gasteiger partial charge in [0.2, 0.25) is 0 Å². The fraction of sp³-hybridized carbons (Fsp3) is 1.00. The van der Waals surface area contributed by atoms with Crippen LogP contribution in [0.5, 0.6) is 0 Å². The van der Waals surface area contributed by atoms with E-state index < -0.39 is 0 Å². The maximum absolute atomic E-state index is 3.52. The van der Waals surface area contributed by atoms with E-state index in [-0.39, 0.29) is 0 Å². The summed E-state index contributed by atoms with van der Waals surface area (Å²) in [5, 5.41) is 5.87. The van der Waals surface area contributed by atoms with Crippen molar-refractivity contribution in [1.29, 1.82) is 0 Å². The fourth-order valence-corrected chi connectivity index (χ4v) is 2.13. The molecule has 2 heterocycles. The van der Waals surface area contributed by atoms with Crippen molar-refractivity contribution in [2.24, 2.45) is 5.92 Å². The number of rotatable bonds is 0. The minimum absolute atomic E-state index is 0.459. The third-order valence-corrected chi connectivity index (χ3v) is 2.71. The lowest BCUT2D eigenvalue weighted by Crippen LogP contribution is -2.47. The molecule has 0 saturated carbocycles. The van der Waals surface area contributed by atoms with Gasteiger partial charge in [-0.05, 0) is 25.7 Å². The smallest absolute Gasteiger partial charge is 0.0771 e. The highest BCUT2D eigenvalue weighted by molar-refractivity contribution is 4.84. The molecule has 2 saturated heterocycles. The predicted octanol–water partition coefficient (Wildman–Crippen LogP) is 0.498. The number of fused-ring (bicyclic) bond motifs is 1. The third-order valence-electron chi connectivity index (χ3n) is 2.71. The first-order chi connectivity index (χ1) is 5.27. The Morgan fingerprint density at radius 2 is 2.18 bits per heavy atom. The van der Waals surface area contributed by atoms with Gasteiger partial charge in [0.05, 0.1) is 12.3 Å². The molecule has 2 aliphatic heterocycles. The number of hydrogen-bond donors (Lipinski definition) is 2. The van der Waals surface area contributed by atoms with Crippen LogP contribution < -0.4 is 10.7 Å². The van der Waals surface area contributed by atoms with Gasteiger partial charge in [-0.15, -0.1) is 0 Å². The van der Waals surface area contributed by atoms with E-state index in [9.17, 15) is 0 Å². The Hall–Kier alpha value is -0.120. The van der Waals surface area contributed by atoms with Gasteiger partial charge in [-0.2, -0.15) is 0 Å². The van der Waals surface area contributed by atoms with Crippen LogP contribution in [0.3, 0.4) is 0 Å². The molecule has 0 aromatic carbocycles. The van der Waals surface area contributed by atoms with Gasteiger partial charge in [-0.1, -0.05) is 6.92 Å². The quantitative estimate of drug-likeness (QED) is 0.533. The molecule has 2 rings (SSSR count). The molecule has 3 nitrogen and oxygen atoms in total. The van der Waals surface area contributed by atoms with E-state index in [2.05, 4.69) is 29.6 Å². The lowest BCUT2D eigenvalue weighted by atomic mass is 9.98. The molecular weight excluding hydrogens is 138 g/mol. The van der Waals surface area contributed by atoms with Crippen molar-refractivity contribution in [2.75, 3.05) is 6.54 Å². The zero-order chi connectivity index (χ0) is 7.84. The number of piperidine rings is 1. The first-order valence-electron chi connectivity index (χ1n) is 4.56. The molecule has 0 amide bonds. The zero-order valence-electron chi connectivity index (χ0n) is 7.30. The van der Waals surface area contributed by atoms with Crippen LogP contribution in [0.2, 0.25) is 0 Å². The van der Waals surface area contributed by atoms with E-state index in [1.807, 2.05) is 0 Å². The Labute approximate surface area is 68.1 Å². The van der Waals surface area contributed by atoms with Gasteiger partial charge in [0.15, 0.2) is 0 Å². The van der Waals surface area contributed by atoms with Crippen LogP contribution in [0.25, 0.3) is 0 Å². The van der Waals surface area contributed by atoms with Crippen LogP contribution >= 0.6 is 0 Å². The number of hydrazine groups is 1. The second-order valence-corrected chi connectivity index (χ2v) is 3.78. The summed E-state index contributed by atoms with van der Waals surface area (Å²) in [7, 11) is 0. The lowest BCUT2D eigenvalue weighted by molar-refractivity contribution is 0.0909. The molecule has 0 aliphatic carbocycles. The van der Waals surface area contributed by atoms with Crippen molar-refractivity contribution < 1.29 is 0 Å². The number of nitrogens with zero attached hydrogens (tertiary/aromatic N) is 1. The Morgan fingerprint density at radius 3 is 2.91 bits per heavy atom. The summed E-state index contributed by atoms with van der Waals surface area (Å²) in [5.41, 5.74) is 3.41. The zero-order valence-corrected chi connectivity index (χ0v) is 7.30. The minimum Gasteiger partial charge on any atom is -0.284 e. The standard InChI is InChI=1S/C8H17N3/c1-6-4-3-5-11-8(6)9-7(2)10-11/h6-10H,3-5H2,1-2H3/t6?,7-,8?/m1/s1. The lowest BCUT2D eigenvalue weighted by Gasteiger charge is -2.33. The molecule has 2 unspecified atom stereocenters. The Kier molecular flexibility index (Phi) is 1.87. The Balaban J connectivity index is 2.03. The van der Waals surface area contributed by atoms with Gasteiger partial charge in [0, 0.05) is 6.54 Å². The summed E-state index contributed by atoms with van der Waals surface area (Å²) in [5.74, 6) is 0.793. The van der Waals surface area contributed by atoms with Crippen molar-refractivity contribution in [3.63, 3.8) is 0 Å². The fourth-order valence-electron chi connectivity index (χ4n) is 2.13. The number of hydrogen-bond acceptors (Lipinski definition) is 3. The van der Waals surface area contributed by atoms with E-state index >= 15 is 0 Å². The molecular formula is C8H17N3. The highest BCUT2D eigenvalue weighted by Gasteiger charge is 2.34. The van der Waals surface area contributed by atoms with Crippen molar-refractivity contribution in [3.8, 4) is 0 Å². The normalized spacial score (nSPS) is 45.8. The largest absolute Gasteiger partial charge is 0.284 e. The SMILES string of the molecule is CC1CCCN2N[C@H](C)NC12. The average molecular weight is 155 g/mol. The highest BCUT2D eigenvalue weighted by atomic mass is 15.6. The summed E-state index contributed by atoms with van der Waals surface area (Å²) < 4.78 is 0. The Bertz CT molecular complexity index is 148. The van der Waals surface area contributed by atoms with Gasteiger partial charge in [-0.25, -0.2) is 10.4 Å². The predicted molar refractivity (Wildman–Crippen MR) is 44.6 cm³/mol. The molecule has 0 aromatic rings. The van der Waals surface area contributed by atoms with Crippen molar-refractivity contribution in [1.82, 2.24) is 15.8 Å². The van der Waals surface area contributed by atoms with Crippen molar-refractivity contribution in [3.05, 3.63) is 0 Å². The highest BCUT2D eigenvalue weighted by Crippen LogP contribution is 2.22. The number of nitrogens with one attached hydrogen (secondary N) is 2. The molecule has 0 spiro atoms. The summed E-state index contributed by atoms with van der Waals surface area (Å²) in [4.78, 5) is 0. The molecule has 11 heavy (non-hydrogen) atoms. The molecule has 2 N–H and O–H groups in total. The molecule has 64 valence electrons. The van der Waals surface area contributed by atoms with E-state index in [0.717, 1.165) is 5.92 Å². The van der Waals surface area contributed by atoms with E-state index in [1.54, 1.807) is 0 Å². The maximum Gasteiger partial charge on any atom is 0.0771 e. The first kappa shape index (κ1) is 7.53. The van der Waals surface area contributed by atoms with Gasteiger partial charge in [0.25, 0.3) is 0 Å². The summed E-state index contributed by atoms with van der Waals surface area (Å²) in [6.45, 7) is 5.70. The van der Waals surface area contributed by atoms with Gasteiger partial charge in [0.1, 0.15) is 0 Å². The summed E-state index contributed by atoms with van der Waals surface area (Å²) >= 11 is 0. The maximum atomic E-state index is 3.52. The minimum atomic E-state index is 0.459. The van der Waals surface area contributed by atoms with Crippen molar-refractivity contribution >= 4 is 0 Å². The second-order valence-electron chi connectivity index (χ2n) is 3.78. The van der Waals surface area contributed by atoms with Crippen LogP contribution in [-0.4, -0.2) is 23.9 Å². The molecule has 0 bridgehead atoms. The van der Waals surface area contributed by atoms with Crippen LogP contribution in [-0.2, 0) is 0 Å². The topological polar surface area (TPSA) is 27.3 Å². The van der Waals surface area contributed by atoms with Crippen LogP contribution in [0.15, 0.2) is 0 Å². The van der Waals surface area contributed by atoms with Crippen LogP contribution in [0.1, 0.15) is 26.7 Å². The Morgan fingerprint density at radius 1 is 1.36 bits per heavy atom.